The van der Waals surface area contributed by atoms with Gasteiger partial charge < -0.3 is 10.2 Å². The predicted molar refractivity (Wildman–Crippen MR) is 166 cm³/mol. The Labute approximate surface area is 248 Å². The highest BCUT2D eigenvalue weighted by atomic mass is 32.2. The highest BCUT2D eigenvalue weighted by molar-refractivity contribution is 7.92. The lowest BCUT2D eigenvalue weighted by Gasteiger charge is -2.34. The van der Waals surface area contributed by atoms with Crippen LogP contribution in [-0.4, -0.2) is 44.3 Å². The summed E-state index contributed by atoms with van der Waals surface area (Å²) >= 11 is 0. The summed E-state index contributed by atoms with van der Waals surface area (Å²) in [5.74, 6) is -0.779. The Balaban J connectivity index is 1.80. The van der Waals surface area contributed by atoms with Crippen LogP contribution in [0, 0.1) is 13.8 Å². The molecule has 0 saturated carbocycles. The Morgan fingerprint density at radius 3 is 1.83 bits per heavy atom. The molecular formula is C34H37N3O4S. The monoisotopic (exact) mass is 583 g/mol. The van der Waals surface area contributed by atoms with Crippen LogP contribution >= 0.6 is 0 Å². The molecule has 0 aliphatic heterocycles. The molecule has 42 heavy (non-hydrogen) atoms. The first-order valence-corrected chi connectivity index (χ1v) is 15.4. The quantitative estimate of drug-likeness (QED) is 0.246. The average molecular weight is 584 g/mol. The minimum absolute atomic E-state index is 0.0798. The molecule has 218 valence electrons. The van der Waals surface area contributed by atoms with Crippen LogP contribution in [-0.2, 0) is 32.6 Å². The van der Waals surface area contributed by atoms with Gasteiger partial charge in [-0.3, -0.25) is 13.9 Å². The van der Waals surface area contributed by atoms with Crippen molar-refractivity contribution in [2.75, 3.05) is 17.4 Å². The van der Waals surface area contributed by atoms with E-state index < -0.39 is 28.5 Å². The number of hydrogen-bond acceptors (Lipinski definition) is 4. The molecule has 2 amide bonds. The normalized spacial score (nSPS) is 11.9. The number of nitrogens with zero attached hydrogens (tertiary/aromatic N) is 2. The molecule has 0 aromatic heterocycles. The minimum Gasteiger partial charge on any atom is -0.355 e. The molecule has 0 aliphatic rings. The molecule has 0 fully saturated rings. The smallest absolute Gasteiger partial charge is 0.264 e. The van der Waals surface area contributed by atoms with Crippen molar-refractivity contribution in [2.45, 2.75) is 44.7 Å². The first kappa shape index (κ1) is 30.5. The maximum absolute atomic E-state index is 14.4. The van der Waals surface area contributed by atoms with Crippen LogP contribution in [0.15, 0.2) is 114 Å². The Morgan fingerprint density at radius 2 is 1.29 bits per heavy atom. The Kier molecular flexibility index (Phi) is 10.1. The van der Waals surface area contributed by atoms with Crippen LogP contribution in [0.25, 0.3) is 0 Å². The molecule has 0 heterocycles. The van der Waals surface area contributed by atoms with Gasteiger partial charge >= 0.3 is 0 Å². The molecule has 0 unspecified atom stereocenters. The standard InChI is InChI=1S/C34H37N3O4S/c1-4-35-34(39)32(23-28-14-8-5-9-15-28)36(24-29-16-10-6-11-17-29)33(38)25-37(30-21-26(2)20-27(3)22-30)42(40,41)31-18-12-7-13-19-31/h5-22,32H,4,23-25H2,1-3H3,(H,35,39)/t32-/m0/s1. The predicted octanol–water partition coefficient (Wildman–Crippen LogP) is 5.27. The maximum atomic E-state index is 14.4. The summed E-state index contributed by atoms with van der Waals surface area (Å²) < 4.78 is 29.2. The molecule has 4 aromatic rings. The second-order valence-corrected chi connectivity index (χ2v) is 12.1. The molecule has 7 nitrogen and oxygen atoms in total. The van der Waals surface area contributed by atoms with Crippen molar-refractivity contribution in [1.29, 1.82) is 0 Å². The largest absolute Gasteiger partial charge is 0.355 e. The third-order valence-corrected chi connectivity index (χ3v) is 8.71. The van der Waals surface area contributed by atoms with Crippen molar-refractivity contribution in [1.82, 2.24) is 10.2 Å². The first-order chi connectivity index (χ1) is 20.2. The van der Waals surface area contributed by atoms with Crippen LogP contribution in [0.1, 0.15) is 29.2 Å². The van der Waals surface area contributed by atoms with Crippen molar-refractivity contribution in [3.05, 3.63) is 131 Å². The van der Waals surface area contributed by atoms with Crippen molar-refractivity contribution < 1.29 is 18.0 Å². The van der Waals surface area contributed by atoms with E-state index in [-0.39, 0.29) is 23.8 Å². The lowest BCUT2D eigenvalue weighted by Crippen LogP contribution is -2.53. The summed E-state index contributed by atoms with van der Waals surface area (Å²) in [6, 6.07) is 31.6. The molecule has 4 aromatic carbocycles. The second-order valence-electron chi connectivity index (χ2n) is 10.3. The summed E-state index contributed by atoms with van der Waals surface area (Å²) in [7, 11) is -4.12. The first-order valence-electron chi connectivity index (χ1n) is 14.0. The Hall–Kier alpha value is -4.43. The number of sulfonamides is 1. The van der Waals surface area contributed by atoms with Gasteiger partial charge in [-0.25, -0.2) is 8.42 Å². The molecular weight excluding hydrogens is 546 g/mol. The third-order valence-electron chi connectivity index (χ3n) is 6.92. The van der Waals surface area contributed by atoms with E-state index in [0.29, 0.717) is 12.2 Å². The van der Waals surface area contributed by atoms with Crippen molar-refractivity contribution in [2.24, 2.45) is 0 Å². The summed E-state index contributed by atoms with van der Waals surface area (Å²) in [5, 5.41) is 2.88. The molecule has 0 bridgehead atoms. The van der Waals surface area contributed by atoms with Gasteiger partial charge in [-0.1, -0.05) is 84.9 Å². The van der Waals surface area contributed by atoms with E-state index in [1.165, 1.54) is 17.0 Å². The summed E-state index contributed by atoms with van der Waals surface area (Å²) in [5.41, 5.74) is 3.86. The Morgan fingerprint density at radius 1 is 0.762 bits per heavy atom. The highest BCUT2D eigenvalue weighted by Crippen LogP contribution is 2.27. The van der Waals surface area contributed by atoms with E-state index in [1.54, 1.807) is 30.3 Å². The van der Waals surface area contributed by atoms with E-state index in [4.69, 9.17) is 0 Å². The van der Waals surface area contributed by atoms with Gasteiger partial charge in [0.05, 0.1) is 10.6 Å². The van der Waals surface area contributed by atoms with E-state index in [0.717, 1.165) is 26.6 Å². The van der Waals surface area contributed by atoms with Crippen molar-refractivity contribution in [3.8, 4) is 0 Å². The molecule has 0 spiro atoms. The number of benzene rings is 4. The fourth-order valence-corrected chi connectivity index (χ4v) is 6.39. The van der Waals surface area contributed by atoms with Crippen LogP contribution < -0.4 is 9.62 Å². The number of likely N-dealkylation sites (N-methyl/N-ethyl adjacent to an activating group) is 1. The zero-order valence-corrected chi connectivity index (χ0v) is 25.1. The van der Waals surface area contributed by atoms with Crippen LogP contribution in [0.5, 0.6) is 0 Å². The number of nitrogens with one attached hydrogen (secondary N) is 1. The second kappa shape index (κ2) is 14.0. The summed E-state index contributed by atoms with van der Waals surface area (Å²) in [6.07, 6.45) is 0.278. The molecule has 0 radical (unpaired) electrons. The van der Waals surface area contributed by atoms with Gasteiger partial charge in [-0.05, 0) is 67.3 Å². The molecule has 1 atom stereocenters. The number of carbonyl (C=O) groups is 2. The number of rotatable bonds is 12. The number of amides is 2. The fraction of sp³-hybridized carbons (Fsp3) is 0.235. The van der Waals surface area contributed by atoms with Gasteiger partial charge in [0.1, 0.15) is 12.6 Å². The number of hydrogen-bond donors (Lipinski definition) is 1. The summed E-state index contributed by atoms with van der Waals surface area (Å²) in [4.78, 5) is 29.5. The van der Waals surface area contributed by atoms with Crippen LogP contribution in [0.4, 0.5) is 5.69 Å². The van der Waals surface area contributed by atoms with Crippen LogP contribution in [0.3, 0.4) is 0 Å². The Bertz CT molecular complexity index is 1570. The number of carbonyl (C=O) groups excluding carboxylic acids is 2. The van der Waals surface area contributed by atoms with Gasteiger partial charge in [-0.2, -0.15) is 0 Å². The van der Waals surface area contributed by atoms with E-state index >= 15 is 0 Å². The zero-order valence-electron chi connectivity index (χ0n) is 24.2. The zero-order chi connectivity index (χ0) is 30.1. The van der Waals surface area contributed by atoms with E-state index in [9.17, 15) is 18.0 Å². The molecule has 0 aliphatic carbocycles. The average Bonchev–Trinajstić information content (AvgIpc) is 2.98. The topological polar surface area (TPSA) is 86.8 Å². The highest BCUT2D eigenvalue weighted by Gasteiger charge is 2.34. The van der Waals surface area contributed by atoms with Gasteiger partial charge in [-0.15, -0.1) is 0 Å². The van der Waals surface area contributed by atoms with Gasteiger partial charge in [0, 0.05) is 19.5 Å². The summed E-state index contributed by atoms with van der Waals surface area (Å²) in [6.45, 7) is 5.66. The number of aryl methyl sites for hydroxylation is 2. The SMILES string of the molecule is CCNC(=O)[C@H](Cc1ccccc1)N(Cc1ccccc1)C(=O)CN(c1cc(C)cc(C)c1)S(=O)(=O)c1ccccc1. The lowest BCUT2D eigenvalue weighted by atomic mass is 10.0. The molecule has 4 rings (SSSR count). The van der Waals surface area contributed by atoms with Crippen molar-refractivity contribution >= 4 is 27.5 Å². The van der Waals surface area contributed by atoms with E-state index in [1.807, 2.05) is 87.5 Å². The van der Waals surface area contributed by atoms with Crippen molar-refractivity contribution in [3.63, 3.8) is 0 Å². The molecule has 8 heteroatoms. The maximum Gasteiger partial charge on any atom is 0.264 e. The van der Waals surface area contributed by atoms with Crippen LogP contribution in [0.2, 0.25) is 0 Å². The molecule has 1 N–H and O–H groups in total. The van der Waals surface area contributed by atoms with Gasteiger partial charge in [0.25, 0.3) is 10.0 Å². The fourth-order valence-electron chi connectivity index (χ4n) is 4.97. The van der Waals surface area contributed by atoms with Gasteiger partial charge in [0.2, 0.25) is 11.8 Å². The minimum atomic E-state index is -4.12. The van der Waals surface area contributed by atoms with Gasteiger partial charge in [0.15, 0.2) is 0 Å². The third kappa shape index (κ3) is 7.64. The molecule has 0 saturated heterocycles. The number of anilines is 1. The van der Waals surface area contributed by atoms with E-state index in [2.05, 4.69) is 5.32 Å². The lowest BCUT2D eigenvalue weighted by molar-refractivity contribution is -0.140.